The summed E-state index contributed by atoms with van der Waals surface area (Å²) in [6, 6.07) is 4.22. The van der Waals surface area contributed by atoms with Crippen LogP contribution >= 0.6 is 11.6 Å². The molecule has 0 bridgehead atoms. The third kappa shape index (κ3) is 3.23. The van der Waals surface area contributed by atoms with E-state index in [1.165, 1.54) is 19.2 Å². The normalized spacial score (nSPS) is 16.9. The smallest absolute Gasteiger partial charge is 0.254 e. The molecule has 1 amide bonds. The van der Waals surface area contributed by atoms with Gasteiger partial charge in [0, 0.05) is 23.9 Å². The average Bonchev–Trinajstić information content (AvgIpc) is 2.94. The van der Waals surface area contributed by atoms with Crippen LogP contribution in [0.4, 0.5) is 4.39 Å². The maximum absolute atomic E-state index is 13.8. The number of carbonyl (C=O) groups is 1. The van der Waals surface area contributed by atoms with Crippen LogP contribution in [0, 0.1) is 11.2 Å². The first-order valence-corrected chi connectivity index (χ1v) is 7.31. The Morgan fingerprint density at radius 2 is 2.15 bits per heavy atom. The molecule has 2 rings (SSSR count). The highest BCUT2D eigenvalue weighted by Crippen LogP contribution is 2.38. The van der Waals surface area contributed by atoms with Crippen molar-refractivity contribution in [3.05, 3.63) is 29.6 Å². The van der Waals surface area contributed by atoms with E-state index >= 15 is 0 Å². The molecule has 0 heterocycles. The maximum Gasteiger partial charge on any atom is 0.254 e. The van der Waals surface area contributed by atoms with Crippen molar-refractivity contribution >= 4 is 17.5 Å². The Bertz CT molecular complexity index is 487. The van der Waals surface area contributed by atoms with E-state index in [1.807, 2.05) is 0 Å². The molecule has 1 aliphatic carbocycles. The van der Waals surface area contributed by atoms with Crippen LogP contribution in [0.5, 0.6) is 5.75 Å². The van der Waals surface area contributed by atoms with Crippen molar-refractivity contribution in [2.24, 2.45) is 5.41 Å². The number of nitrogens with one attached hydrogen (secondary N) is 1. The fourth-order valence-electron chi connectivity index (χ4n) is 2.65. The summed E-state index contributed by atoms with van der Waals surface area (Å²) < 4.78 is 18.7. The number of amides is 1. The van der Waals surface area contributed by atoms with Crippen LogP contribution in [0.15, 0.2) is 18.2 Å². The van der Waals surface area contributed by atoms with E-state index < -0.39 is 11.7 Å². The molecule has 1 fully saturated rings. The molecule has 0 spiro atoms. The van der Waals surface area contributed by atoms with Crippen LogP contribution in [0.1, 0.15) is 36.0 Å². The van der Waals surface area contributed by atoms with Gasteiger partial charge in [-0.25, -0.2) is 4.39 Å². The quantitative estimate of drug-likeness (QED) is 0.847. The van der Waals surface area contributed by atoms with Crippen LogP contribution in [0.2, 0.25) is 0 Å². The average molecular weight is 300 g/mol. The van der Waals surface area contributed by atoms with E-state index in [-0.39, 0.29) is 11.0 Å². The van der Waals surface area contributed by atoms with Gasteiger partial charge >= 0.3 is 0 Å². The summed E-state index contributed by atoms with van der Waals surface area (Å²) in [4.78, 5) is 12.0. The fraction of sp³-hybridized carbons (Fsp3) is 0.533. The van der Waals surface area contributed by atoms with Crippen LogP contribution in [-0.4, -0.2) is 25.4 Å². The second-order valence-electron chi connectivity index (χ2n) is 5.37. The Kier molecular flexibility index (Phi) is 4.86. The van der Waals surface area contributed by atoms with Crippen LogP contribution in [0.3, 0.4) is 0 Å². The van der Waals surface area contributed by atoms with Gasteiger partial charge in [0.2, 0.25) is 0 Å². The number of halogens is 2. The molecule has 0 saturated heterocycles. The zero-order valence-electron chi connectivity index (χ0n) is 11.5. The van der Waals surface area contributed by atoms with Gasteiger partial charge in [-0.2, -0.15) is 0 Å². The lowest BCUT2D eigenvalue weighted by molar-refractivity contribution is 0.0931. The monoisotopic (exact) mass is 299 g/mol. The summed E-state index contributed by atoms with van der Waals surface area (Å²) in [6.45, 7) is 0.501. The summed E-state index contributed by atoms with van der Waals surface area (Å²) in [6.07, 6.45) is 4.31. The largest absolute Gasteiger partial charge is 0.497 e. The van der Waals surface area contributed by atoms with E-state index in [1.54, 1.807) is 6.07 Å². The lowest BCUT2D eigenvalue weighted by atomic mass is 9.88. The second kappa shape index (κ2) is 6.44. The topological polar surface area (TPSA) is 38.3 Å². The molecule has 3 nitrogen and oxygen atoms in total. The number of alkyl halides is 1. The number of hydrogen-bond donors (Lipinski definition) is 1. The maximum atomic E-state index is 13.8. The van der Waals surface area contributed by atoms with Gasteiger partial charge in [-0.15, -0.1) is 11.6 Å². The number of benzene rings is 1. The Hall–Kier alpha value is -1.29. The molecule has 1 aliphatic rings. The fourth-order valence-corrected chi connectivity index (χ4v) is 3.01. The zero-order valence-corrected chi connectivity index (χ0v) is 12.3. The summed E-state index contributed by atoms with van der Waals surface area (Å²) in [7, 11) is 1.46. The first-order chi connectivity index (χ1) is 9.60. The number of hydrogen-bond acceptors (Lipinski definition) is 2. The molecule has 0 atom stereocenters. The third-order valence-corrected chi connectivity index (χ3v) is 4.56. The highest BCUT2D eigenvalue weighted by atomic mass is 35.5. The predicted octanol–water partition coefficient (Wildman–Crippen LogP) is 3.36. The minimum absolute atomic E-state index is 0.0276. The van der Waals surface area contributed by atoms with Gasteiger partial charge in [-0.1, -0.05) is 12.8 Å². The molecule has 0 aromatic heterocycles. The minimum Gasteiger partial charge on any atom is -0.497 e. The first kappa shape index (κ1) is 15.1. The number of carbonyl (C=O) groups excluding carboxylic acids is 1. The lowest BCUT2D eigenvalue weighted by Gasteiger charge is -2.26. The lowest BCUT2D eigenvalue weighted by Crippen LogP contribution is -2.37. The highest BCUT2D eigenvalue weighted by molar-refractivity contribution is 6.18. The number of ether oxygens (including phenoxy) is 1. The summed E-state index contributed by atoms with van der Waals surface area (Å²) in [5.41, 5.74) is 0.00805. The van der Waals surface area contributed by atoms with Gasteiger partial charge in [0.05, 0.1) is 12.7 Å². The van der Waals surface area contributed by atoms with Crippen molar-refractivity contribution in [2.75, 3.05) is 19.5 Å². The van der Waals surface area contributed by atoms with Crippen molar-refractivity contribution in [1.82, 2.24) is 5.32 Å². The Morgan fingerprint density at radius 1 is 1.45 bits per heavy atom. The molecule has 0 unspecified atom stereocenters. The summed E-state index contributed by atoms with van der Waals surface area (Å²) in [5, 5.41) is 2.81. The van der Waals surface area contributed by atoms with Gasteiger partial charge in [-0.3, -0.25) is 4.79 Å². The molecule has 1 N–H and O–H groups in total. The SMILES string of the molecule is COc1ccc(C(=O)NCC2(CCl)CCCC2)c(F)c1. The molecule has 1 aromatic carbocycles. The van der Waals surface area contributed by atoms with Gasteiger partial charge in [-0.05, 0) is 25.0 Å². The molecular formula is C15H19ClFNO2. The van der Waals surface area contributed by atoms with Crippen LogP contribution < -0.4 is 10.1 Å². The molecule has 1 saturated carbocycles. The molecule has 0 aliphatic heterocycles. The van der Waals surface area contributed by atoms with E-state index in [2.05, 4.69) is 5.32 Å². The molecule has 1 aromatic rings. The van der Waals surface area contributed by atoms with Crippen LogP contribution in [0.25, 0.3) is 0 Å². The molecule has 110 valence electrons. The van der Waals surface area contributed by atoms with E-state index in [0.717, 1.165) is 25.7 Å². The predicted molar refractivity (Wildman–Crippen MR) is 76.9 cm³/mol. The van der Waals surface area contributed by atoms with Gasteiger partial charge in [0.1, 0.15) is 11.6 Å². The van der Waals surface area contributed by atoms with Crippen molar-refractivity contribution < 1.29 is 13.9 Å². The highest BCUT2D eigenvalue weighted by Gasteiger charge is 2.33. The van der Waals surface area contributed by atoms with E-state index in [0.29, 0.717) is 18.2 Å². The van der Waals surface area contributed by atoms with Crippen molar-refractivity contribution in [2.45, 2.75) is 25.7 Å². The Labute approximate surface area is 123 Å². The van der Waals surface area contributed by atoms with Crippen molar-refractivity contribution in [3.63, 3.8) is 0 Å². The first-order valence-electron chi connectivity index (χ1n) is 6.78. The number of rotatable bonds is 5. The third-order valence-electron chi connectivity index (χ3n) is 3.99. The Balaban J connectivity index is 2.01. The van der Waals surface area contributed by atoms with Gasteiger partial charge in [0.15, 0.2) is 0 Å². The minimum atomic E-state index is -0.576. The zero-order chi connectivity index (χ0) is 14.6. The van der Waals surface area contributed by atoms with E-state index in [4.69, 9.17) is 16.3 Å². The molecule has 0 radical (unpaired) electrons. The van der Waals surface area contributed by atoms with Gasteiger partial charge in [0.25, 0.3) is 5.91 Å². The standard InChI is InChI=1S/C15H19ClFNO2/c1-20-11-4-5-12(13(17)8-11)14(19)18-10-15(9-16)6-2-3-7-15/h4-5,8H,2-3,6-7,9-10H2,1H3,(H,18,19). The summed E-state index contributed by atoms with van der Waals surface area (Å²) in [5.74, 6) is -0.0555. The second-order valence-corrected chi connectivity index (χ2v) is 5.64. The van der Waals surface area contributed by atoms with Crippen LogP contribution in [-0.2, 0) is 0 Å². The Morgan fingerprint density at radius 3 is 2.70 bits per heavy atom. The van der Waals surface area contributed by atoms with E-state index in [9.17, 15) is 9.18 Å². The number of methoxy groups -OCH3 is 1. The van der Waals surface area contributed by atoms with Crippen molar-refractivity contribution in [3.8, 4) is 5.75 Å². The summed E-state index contributed by atoms with van der Waals surface area (Å²) >= 11 is 6.02. The molecular weight excluding hydrogens is 281 g/mol. The van der Waals surface area contributed by atoms with Gasteiger partial charge < -0.3 is 10.1 Å². The molecule has 5 heteroatoms. The van der Waals surface area contributed by atoms with Crippen molar-refractivity contribution in [1.29, 1.82) is 0 Å². The molecule has 20 heavy (non-hydrogen) atoms.